The molecule has 1 aliphatic rings. The monoisotopic (exact) mass is 298 g/mol. The van der Waals surface area contributed by atoms with Crippen LogP contribution < -0.4 is 9.64 Å². The zero-order valence-electron chi connectivity index (χ0n) is 12.5. The number of hydrogen-bond donors (Lipinski definition) is 0. The molecule has 5 nitrogen and oxygen atoms in total. The van der Waals surface area contributed by atoms with E-state index in [4.69, 9.17) is 4.74 Å². The lowest BCUT2D eigenvalue weighted by molar-refractivity contribution is -0.384. The first-order valence-electron chi connectivity index (χ1n) is 7.41. The normalized spacial score (nSPS) is 14.1. The number of nitrogens with zero attached hydrogens (tertiary/aromatic N) is 2. The van der Waals surface area contributed by atoms with Gasteiger partial charge in [0.1, 0.15) is 11.5 Å². The number of nitro benzene ring substituents is 1. The zero-order valence-corrected chi connectivity index (χ0v) is 12.5. The Morgan fingerprint density at radius 2 is 1.73 bits per heavy atom. The molecule has 0 radical (unpaired) electrons. The largest absolute Gasteiger partial charge is 0.457 e. The molecule has 0 aliphatic carbocycles. The van der Waals surface area contributed by atoms with Crippen molar-refractivity contribution in [2.75, 3.05) is 18.0 Å². The smallest absolute Gasteiger partial charge is 0.275 e. The van der Waals surface area contributed by atoms with E-state index in [2.05, 4.69) is 4.90 Å². The molecule has 0 amide bonds. The Balaban J connectivity index is 1.91. The van der Waals surface area contributed by atoms with Gasteiger partial charge in [0.05, 0.1) is 11.0 Å². The number of anilines is 1. The minimum absolute atomic E-state index is 0.0616. The second-order valence-electron chi connectivity index (χ2n) is 5.55. The van der Waals surface area contributed by atoms with E-state index in [-0.39, 0.29) is 10.6 Å². The number of aryl methyl sites for hydroxylation is 1. The van der Waals surface area contributed by atoms with E-state index in [1.54, 1.807) is 6.07 Å². The van der Waals surface area contributed by atoms with Gasteiger partial charge in [-0.3, -0.25) is 10.1 Å². The molecule has 1 fully saturated rings. The Bertz CT molecular complexity index is 677. The molecule has 0 N–H and O–H groups in total. The summed E-state index contributed by atoms with van der Waals surface area (Å²) in [6, 6.07) is 12.6. The van der Waals surface area contributed by atoms with Crippen LogP contribution in [0.2, 0.25) is 0 Å². The van der Waals surface area contributed by atoms with Crippen LogP contribution in [0.5, 0.6) is 11.5 Å². The molecule has 0 spiro atoms. The standard InChI is InChI=1S/C17H18N2O3/c1-13-4-6-16(7-5-13)22-17-11-14(18-8-2-3-9-18)10-15(12-17)19(20)21/h4-7,10-12H,2-3,8-9H2,1H3. The van der Waals surface area contributed by atoms with Gasteiger partial charge in [0, 0.05) is 30.9 Å². The Morgan fingerprint density at radius 1 is 1.05 bits per heavy atom. The fourth-order valence-corrected chi connectivity index (χ4v) is 2.63. The van der Waals surface area contributed by atoms with Crippen LogP contribution in [0.1, 0.15) is 18.4 Å². The molecule has 1 heterocycles. The predicted molar refractivity (Wildman–Crippen MR) is 85.8 cm³/mol. The van der Waals surface area contributed by atoms with Crippen LogP contribution in [0, 0.1) is 17.0 Å². The lowest BCUT2D eigenvalue weighted by atomic mass is 10.2. The Morgan fingerprint density at radius 3 is 2.36 bits per heavy atom. The van der Waals surface area contributed by atoms with Crippen molar-refractivity contribution in [3.8, 4) is 11.5 Å². The van der Waals surface area contributed by atoms with Crippen molar-refractivity contribution < 1.29 is 9.66 Å². The lowest BCUT2D eigenvalue weighted by Crippen LogP contribution is -2.17. The van der Waals surface area contributed by atoms with E-state index in [0.717, 1.165) is 37.2 Å². The van der Waals surface area contributed by atoms with Gasteiger partial charge < -0.3 is 9.64 Å². The first kappa shape index (κ1) is 14.4. The number of benzene rings is 2. The minimum atomic E-state index is -0.373. The van der Waals surface area contributed by atoms with E-state index in [9.17, 15) is 10.1 Å². The van der Waals surface area contributed by atoms with Gasteiger partial charge in [-0.15, -0.1) is 0 Å². The van der Waals surface area contributed by atoms with Crippen LogP contribution in [-0.4, -0.2) is 18.0 Å². The van der Waals surface area contributed by atoms with Gasteiger partial charge in [0.2, 0.25) is 0 Å². The molecule has 22 heavy (non-hydrogen) atoms. The fourth-order valence-electron chi connectivity index (χ4n) is 2.63. The molecule has 0 aromatic heterocycles. The average molecular weight is 298 g/mol. The molecule has 0 unspecified atom stereocenters. The number of rotatable bonds is 4. The van der Waals surface area contributed by atoms with Gasteiger partial charge in [-0.1, -0.05) is 17.7 Å². The van der Waals surface area contributed by atoms with Gasteiger partial charge in [-0.2, -0.15) is 0 Å². The van der Waals surface area contributed by atoms with Gasteiger partial charge in [-0.25, -0.2) is 0 Å². The maximum Gasteiger partial charge on any atom is 0.275 e. The van der Waals surface area contributed by atoms with Crippen LogP contribution in [0.15, 0.2) is 42.5 Å². The van der Waals surface area contributed by atoms with Crippen molar-refractivity contribution in [3.63, 3.8) is 0 Å². The fraction of sp³-hybridized carbons (Fsp3) is 0.294. The van der Waals surface area contributed by atoms with Crippen molar-refractivity contribution in [1.82, 2.24) is 0 Å². The highest BCUT2D eigenvalue weighted by Gasteiger charge is 2.18. The van der Waals surface area contributed by atoms with E-state index in [0.29, 0.717) is 11.5 Å². The van der Waals surface area contributed by atoms with Gasteiger partial charge >= 0.3 is 0 Å². The summed E-state index contributed by atoms with van der Waals surface area (Å²) in [5.74, 6) is 1.18. The Hall–Kier alpha value is -2.56. The number of nitro groups is 1. The van der Waals surface area contributed by atoms with E-state index in [1.165, 1.54) is 6.07 Å². The molecule has 3 rings (SSSR count). The topological polar surface area (TPSA) is 55.6 Å². The van der Waals surface area contributed by atoms with Crippen molar-refractivity contribution in [2.45, 2.75) is 19.8 Å². The third-order valence-corrected chi connectivity index (χ3v) is 3.81. The summed E-state index contributed by atoms with van der Waals surface area (Å²) in [5, 5.41) is 11.1. The van der Waals surface area contributed by atoms with E-state index >= 15 is 0 Å². The molecule has 5 heteroatoms. The van der Waals surface area contributed by atoms with Gasteiger partial charge in [-0.05, 0) is 31.9 Å². The van der Waals surface area contributed by atoms with E-state index < -0.39 is 0 Å². The molecule has 2 aromatic carbocycles. The molecule has 114 valence electrons. The summed E-state index contributed by atoms with van der Waals surface area (Å²) in [5.41, 5.74) is 2.06. The summed E-state index contributed by atoms with van der Waals surface area (Å²) >= 11 is 0. The number of ether oxygens (including phenoxy) is 1. The maximum atomic E-state index is 11.1. The SMILES string of the molecule is Cc1ccc(Oc2cc(N3CCCC3)cc([N+](=O)[O-])c2)cc1. The van der Waals surface area contributed by atoms with Crippen LogP contribution >= 0.6 is 0 Å². The highest BCUT2D eigenvalue weighted by molar-refractivity contribution is 5.59. The first-order chi connectivity index (χ1) is 10.6. The third kappa shape index (κ3) is 3.19. The molecule has 0 saturated carbocycles. The first-order valence-corrected chi connectivity index (χ1v) is 7.41. The maximum absolute atomic E-state index is 11.1. The number of non-ortho nitro benzene ring substituents is 1. The molecular weight excluding hydrogens is 280 g/mol. The van der Waals surface area contributed by atoms with Crippen LogP contribution in [0.3, 0.4) is 0 Å². The number of hydrogen-bond acceptors (Lipinski definition) is 4. The van der Waals surface area contributed by atoms with Gasteiger partial charge in [0.25, 0.3) is 5.69 Å². The Labute approximate surface area is 129 Å². The average Bonchev–Trinajstić information content (AvgIpc) is 3.04. The van der Waals surface area contributed by atoms with Gasteiger partial charge in [0.15, 0.2) is 0 Å². The highest BCUT2D eigenvalue weighted by Crippen LogP contribution is 2.32. The predicted octanol–water partition coefficient (Wildman–Crippen LogP) is 4.30. The summed E-state index contributed by atoms with van der Waals surface area (Å²) in [6.45, 7) is 3.87. The minimum Gasteiger partial charge on any atom is -0.457 e. The second-order valence-corrected chi connectivity index (χ2v) is 5.55. The molecule has 1 saturated heterocycles. The summed E-state index contributed by atoms with van der Waals surface area (Å²) in [7, 11) is 0. The lowest BCUT2D eigenvalue weighted by Gasteiger charge is -2.18. The third-order valence-electron chi connectivity index (χ3n) is 3.81. The van der Waals surface area contributed by atoms with Crippen LogP contribution in [-0.2, 0) is 0 Å². The molecule has 0 atom stereocenters. The molecule has 0 bridgehead atoms. The summed E-state index contributed by atoms with van der Waals surface area (Å²) < 4.78 is 5.79. The molecule has 1 aliphatic heterocycles. The van der Waals surface area contributed by atoms with E-state index in [1.807, 2.05) is 37.3 Å². The zero-order chi connectivity index (χ0) is 15.5. The summed E-state index contributed by atoms with van der Waals surface area (Å²) in [4.78, 5) is 12.9. The second kappa shape index (κ2) is 6.05. The Kier molecular flexibility index (Phi) is 3.96. The molecule has 2 aromatic rings. The highest BCUT2D eigenvalue weighted by atomic mass is 16.6. The van der Waals surface area contributed by atoms with Crippen molar-refractivity contribution >= 4 is 11.4 Å². The molecular formula is C17H18N2O3. The van der Waals surface area contributed by atoms with Crippen molar-refractivity contribution in [2.24, 2.45) is 0 Å². The van der Waals surface area contributed by atoms with Crippen molar-refractivity contribution in [1.29, 1.82) is 0 Å². The van der Waals surface area contributed by atoms with Crippen molar-refractivity contribution in [3.05, 3.63) is 58.1 Å². The van der Waals surface area contributed by atoms with Crippen LogP contribution in [0.4, 0.5) is 11.4 Å². The quantitative estimate of drug-likeness (QED) is 0.624. The van der Waals surface area contributed by atoms with Crippen LogP contribution in [0.25, 0.3) is 0 Å². The summed E-state index contributed by atoms with van der Waals surface area (Å²) in [6.07, 6.45) is 2.24.